The fourth-order valence-corrected chi connectivity index (χ4v) is 3.50. The molecule has 0 fully saturated rings. The van der Waals surface area contributed by atoms with Crippen molar-refractivity contribution >= 4 is 22.4 Å². The Hall–Kier alpha value is -2.05. The van der Waals surface area contributed by atoms with Gasteiger partial charge >= 0.3 is 0 Å². The zero-order valence-corrected chi connectivity index (χ0v) is 13.2. The van der Waals surface area contributed by atoms with Crippen molar-refractivity contribution in [1.82, 2.24) is 20.2 Å². The number of hydrogen-bond acceptors (Lipinski definition) is 4. The molecule has 22 heavy (non-hydrogen) atoms. The van der Waals surface area contributed by atoms with Gasteiger partial charge in [-0.2, -0.15) is 4.68 Å². The molecule has 0 spiro atoms. The molecule has 1 heterocycles. The van der Waals surface area contributed by atoms with E-state index in [9.17, 15) is 4.21 Å². The van der Waals surface area contributed by atoms with Crippen molar-refractivity contribution in [3.63, 3.8) is 0 Å². The molecule has 5 nitrogen and oxygen atoms in total. The van der Waals surface area contributed by atoms with Crippen LogP contribution in [0, 0.1) is 0 Å². The van der Waals surface area contributed by atoms with Gasteiger partial charge in [-0.1, -0.05) is 48.0 Å². The van der Waals surface area contributed by atoms with Crippen molar-refractivity contribution in [3.8, 4) is 5.69 Å². The molecule has 0 saturated heterocycles. The quantitative estimate of drug-likeness (QED) is 0.720. The van der Waals surface area contributed by atoms with Gasteiger partial charge in [-0.25, -0.2) is 0 Å². The Bertz CT molecular complexity index is 791. The summed E-state index contributed by atoms with van der Waals surface area (Å²) in [6.45, 7) is 0. The maximum Gasteiger partial charge on any atom is 0.169 e. The smallest absolute Gasteiger partial charge is 0.169 e. The lowest BCUT2D eigenvalue weighted by Gasteiger charge is -2.06. The minimum absolute atomic E-state index is 0.271. The summed E-state index contributed by atoms with van der Waals surface area (Å²) in [6.07, 6.45) is 0. The molecule has 1 aromatic heterocycles. The van der Waals surface area contributed by atoms with Crippen molar-refractivity contribution in [2.24, 2.45) is 0 Å². The van der Waals surface area contributed by atoms with Gasteiger partial charge in [0.25, 0.3) is 0 Å². The number of halogens is 1. The van der Waals surface area contributed by atoms with Crippen LogP contribution >= 0.6 is 11.6 Å². The van der Waals surface area contributed by atoms with Crippen molar-refractivity contribution < 1.29 is 4.21 Å². The minimum atomic E-state index is -1.14. The third-order valence-electron chi connectivity index (χ3n) is 3.10. The van der Waals surface area contributed by atoms with Crippen LogP contribution in [0.3, 0.4) is 0 Å². The number of tetrazole rings is 1. The summed E-state index contributed by atoms with van der Waals surface area (Å²) in [7, 11) is -1.14. The van der Waals surface area contributed by atoms with Gasteiger partial charge in [0.2, 0.25) is 0 Å². The highest BCUT2D eigenvalue weighted by atomic mass is 35.5. The Balaban J connectivity index is 1.76. The summed E-state index contributed by atoms with van der Waals surface area (Å²) in [6, 6.07) is 16.9. The molecular weight excluding hydrogens is 320 g/mol. The fraction of sp³-hybridized carbons (Fsp3) is 0.133. The second-order valence-corrected chi connectivity index (χ2v) is 6.53. The molecule has 1 unspecified atom stereocenters. The van der Waals surface area contributed by atoms with Crippen LogP contribution in [0.15, 0.2) is 54.6 Å². The van der Waals surface area contributed by atoms with E-state index >= 15 is 0 Å². The molecule has 1 atom stereocenters. The van der Waals surface area contributed by atoms with Crippen LogP contribution in [-0.2, 0) is 22.3 Å². The van der Waals surface area contributed by atoms with Crippen LogP contribution in [0.2, 0.25) is 5.02 Å². The van der Waals surface area contributed by atoms with E-state index in [1.807, 2.05) is 48.5 Å². The first-order valence-corrected chi connectivity index (χ1v) is 8.51. The second kappa shape index (κ2) is 6.81. The van der Waals surface area contributed by atoms with Gasteiger partial charge in [0, 0.05) is 15.8 Å². The van der Waals surface area contributed by atoms with Crippen molar-refractivity contribution in [2.75, 3.05) is 0 Å². The van der Waals surface area contributed by atoms with Crippen LogP contribution in [0.25, 0.3) is 5.69 Å². The molecule has 0 saturated carbocycles. The number of nitrogens with zero attached hydrogens (tertiary/aromatic N) is 4. The van der Waals surface area contributed by atoms with E-state index in [0.29, 0.717) is 16.6 Å². The van der Waals surface area contributed by atoms with Gasteiger partial charge in [0.1, 0.15) is 0 Å². The molecular formula is C15H13ClN4OS. The van der Waals surface area contributed by atoms with E-state index in [1.165, 1.54) is 0 Å². The highest BCUT2D eigenvalue weighted by Gasteiger charge is 2.13. The molecule has 0 radical (unpaired) electrons. The number of hydrogen-bond donors (Lipinski definition) is 0. The fourth-order valence-electron chi connectivity index (χ4n) is 2.05. The van der Waals surface area contributed by atoms with Crippen LogP contribution in [0.5, 0.6) is 0 Å². The third kappa shape index (κ3) is 3.40. The molecule has 2 aromatic carbocycles. The summed E-state index contributed by atoms with van der Waals surface area (Å²) in [5.74, 6) is 1.21. The number of rotatable bonds is 5. The monoisotopic (exact) mass is 332 g/mol. The third-order valence-corrected chi connectivity index (χ3v) is 4.68. The second-order valence-electron chi connectivity index (χ2n) is 4.66. The zero-order valence-electron chi connectivity index (χ0n) is 11.6. The zero-order chi connectivity index (χ0) is 15.4. The topological polar surface area (TPSA) is 60.7 Å². The van der Waals surface area contributed by atoms with Crippen molar-refractivity contribution in [2.45, 2.75) is 11.5 Å². The van der Waals surface area contributed by atoms with Crippen LogP contribution in [-0.4, -0.2) is 24.4 Å². The Kier molecular flexibility index (Phi) is 4.60. The normalized spacial score (nSPS) is 12.2. The molecule has 0 aliphatic heterocycles. The molecule has 112 valence electrons. The lowest BCUT2D eigenvalue weighted by molar-refractivity contribution is 0.679. The molecule has 0 N–H and O–H groups in total. The maximum absolute atomic E-state index is 12.4. The van der Waals surface area contributed by atoms with Crippen LogP contribution in [0.1, 0.15) is 11.4 Å². The van der Waals surface area contributed by atoms with E-state index < -0.39 is 10.8 Å². The van der Waals surface area contributed by atoms with Gasteiger partial charge in [0.15, 0.2) is 5.82 Å². The first kappa shape index (κ1) is 14.9. The number of benzene rings is 2. The van der Waals surface area contributed by atoms with Gasteiger partial charge in [-0.05, 0) is 34.2 Å². The van der Waals surface area contributed by atoms with Gasteiger partial charge in [0.05, 0.1) is 17.2 Å². The van der Waals surface area contributed by atoms with Gasteiger partial charge in [-0.3, -0.25) is 4.21 Å². The maximum atomic E-state index is 12.4. The highest BCUT2D eigenvalue weighted by molar-refractivity contribution is 7.83. The average Bonchev–Trinajstić information content (AvgIpc) is 2.98. The summed E-state index contributed by atoms with van der Waals surface area (Å²) in [5.41, 5.74) is 1.71. The molecule has 0 bridgehead atoms. The highest BCUT2D eigenvalue weighted by Crippen LogP contribution is 2.18. The van der Waals surface area contributed by atoms with E-state index in [-0.39, 0.29) is 5.75 Å². The summed E-state index contributed by atoms with van der Waals surface area (Å²) in [4.78, 5) is 0. The molecule has 3 rings (SSSR count). The molecule has 7 heteroatoms. The van der Waals surface area contributed by atoms with Crippen LogP contribution in [0.4, 0.5) is 0 Å². The Morgan fingerprint density at radius 3 is 2.50 bits per heavy atom. The van der Waals surface area contributed by atoms with E-state index in [4.69, 9.17) is 11.6 Å². The van der Waals surface area contributed by atoms with Gasteiger partial charge in [-0.15, -0.1) is 5.10 Å². The Morgan fingerprint density at radius 2 is 1.73 bits per heavy atom. The molecule has 0 aliphatic rings. The largest absolute Gasteiger partial charge is 0.259 e. The molecule has 0 amide bonds. The Labute approximate surface area is 135 Å². The summed E-state index contributed by atoms with van der Waals surface area (Å²) < 4.78 is 14.0. The number of aromatic nitrogens is 4. The minimum Gasteiger partial charge on any atom is -0.259 e. The number of para-hydroxylation sites is 1. The van der Waals surface area contributed by atoms with E-state index in [0.717, 1.165) is 11.3 Å². The van der Waals surface area contributed by atoms with Crippen molar-refractivity contribution in [1.29, 1.82) is 0 Å². The lowest BCUT2D eigenvalue weighted by atomic mass is 10.2. The molecule has 3 aromatic rings. The first-order chi connectivity index (χ1) is 10.7. The first-order valence-electron chi connectivity index (χ1n) is 6.65. The predicted octanol–water partition coefficient (Wildman–Crippen LogP) is 2.76. The summed E-state index contributed by atoms with van der Waals surface area (Å²) in [5, 5.41) is 12.2. The lowest BCUT2D eigenvalue weighted by Crippen LogP contribution is -2.08. The van der Waals surface area contributed by atoms with Gasteiger partial charge < -0.3 is 0 Å². The average molecular weight is 333 g/mol. The van der Waals surface area contributed by atoms with E-state index in [1.54, 1.807) is 10.7 Å². The standard InChI is InChI=1S/C15H13ClN4OS/c16-14-9-5-4-6-12(14)10-22(21)11-15-17-18-19-20(15)13-7-2-1-3-8-13/h1-9H,10-11H2. The summed E-state index contributed by atoms with van der Waals surface area (Å²) >= 11 is 6.10. The van der Waals surface area contributed by atoms with Crippen LogP contribution < -0.4 is 0 Å². The predicted molar refractivity (Wildman–Crippen MR) is 86.2 cm³/mol. The van der Waals surface area contributed by atoms with E-state index in [2.05, 4.69) is 15.5 Å². The van der Waals surface area contributed by atoms with Crippen molar-refractivity contribution in [3.05, 3.63) is 71.0 Å². The Morgan fingerprint density at radius 1 is 1.00 bits per heavy atom. The molecule has 0 aliphatic carbocycles. The SMILES string of the molecule is O=S(Cc1ccccc1Cl)Cc1nnnn1-c1ccccc1.